The van der Waals surface area contributed by atoms with Gasteiger partial charge in [-0.1, -0.05) is 48.0 Å². The number of halogens is 1. The molecule has 0 aliphatic carbocycles. The second-order valence-electron chi connectivity index (χ2n) is 6.65. The van der Waals surface area contributed by atoms with Crippen molar-refractivity contribution in [1.29, 1.82) is 0 Å². The van der Waals surface area contributed by atoms with Gasteiger partial charge in [-0.2, -0.15) is 0 Å². The molecule has 3 aromatic carbocycles. The van der Waals surface area contributed by atoms with Crippen LogP contribution in [0, 0.1) is 12.7 Å². The molecule has 0 atom stereocenters. The monoisotopic (exact) mass is 387 g/mol. The number of rotatable bonds is 5. The van der Waals surface area contributed by atoms with E-state index < -0.39 is 5.97 Å². The van der Waals surface area contributed by atoms with E-state index in [1.54, 1.807) is 42.5 Å². The molecule has 0 amide bonds. The van der Waals surface area contributed by atoms with Gasteiger partial charge in [-0.3, -0.25) is 0 Å². The van der Waals surface area contributed by atoms with E-state index in [1.165, 1.54) is 6.07 Å². The van der Waals surface area contributed by atoms with E-state index in [-0.39, 0.29) is 24.0 Å². The third kappa shape index (κ3) is 4.41. The van der Waals surface area contributed by atoms with Crippen LogP contribution >= 0.6 is 0 Å². The minimum atomic E-state index is -0.502. The first-order chi connectivity index (χ1) is 14.1. The van der Waals surface area contributed by atoms with Gasteiger partial charge in [0.1, 0.15) is 18.2 Å². The average molecular weight is 387 g/mol. The molecule has 1 aliphatic heterocycles. The van der Waals surface area contributed by atoms with E-state index in [0.29, 0.717) is 11.3 Å². The first-order valence-corrected chi connectivity index (χ1v) is 9.14. The molecule has 0 saturated carbocycles. The number of aliphatic imine (C=N–C) groups is 1. The molecule has 0 aromatic heterocycles. The molecular formula is C24H18FNO3. The number of aryl methyl sites for hydroxylation is 1. The van der Waals surface area contributed by atoms with Crippen molar-refractivity contribution < 1.29 is 18.7 Å². The number of ether oxygens (including phenoxy) is 2. The fourth-order valence-electron chi connectivity index (χ4n) is 2.86. The summed E-state index contributed by atoms with van der Waals surface area (Å²) in [5.74, 6) is 0.0422. The quantitative estimate of drug-likeness (QED) is 0.454. The lowest BCUT2D eigenvalue weighted by Crippen LogP contribution is -2.05. The summed E-state index contributed by atoms with van der Waals surface area (Å²) in [6.07, 6.45) is 1.64. The molecule has 0 radical (unpaired) electrons. The van der Waals surface area contributed by atoms with Crippen LogP contribution in [0.2, 0.25) is 0 Å². The SMILES string of the molecule is Cc1ccc(C2=NC(=Cc3cccc(OCc4ccccc4F)c3)C(=O)O2)cc1. The molecule has 29 heavy (non-hydrogen) atoms. The number of hydrogen-bond acceptors (Lipinski definition) is 4. The molecule has 3 aromatic rings. The molecular weight excluding hydrogens is 369 g/mol. The van der Waals surface area contributed by atoms with Crippen LogP contribution in [-0.2, 0) is 16.1 Å². The van der Waals surface area contributed by atoms with E-state index in [4.69, 9.17) is 9.47 Å². The van der Waals surface area contributed by atoms with Crippen molar-refractivity contribution in [3.63, 3.8) is 0 Å². The molecule has 0 fully saturated rings. The highest BCUT2D eigenvalue weighted by atomic mass is 19.1. The third-order valence-corrected chi connectivity index (χ3v) is 4.43. The van der Waals surface area contributed by atoms with Crippen molar-refractivity contribution in [1.82, 2.24) is 0 Å². The molecule has 5 heteroatoms. The van der Waals surface area contributed by atoms with Crippen LogP contribution in [0.4, 0.5) is 4.39 Å². The zero-order chi connectivity index (χ0) is 20.2. The summed E-state index contributed by atoms with van der Waals surface area (Å²) in [5.41, 5.74) is 3.28. The smallest absolute Gasteiger partial charge is 0.363 e. The van der Waals surface area contributed by atoms with Crippen LogP contribution in [0.1, 0.15) is 22.3 Å². The largest absolute Gasteiger partial charge is 0.489 e. The molecule has 0 N–H and O–H groups in total. The van der Waals surface area contributed by atoms with Gasteiger partial charge in [0, 0.05) is 11.1 Å². The van der Waals surface area contributed by atoms with Crippen LogP contribution in [0.5, 0.6) is 5.75 Å². The van der Waals surface area contributed by atoms with Crippen molar-refractivity contribution in [2.45, 2.75) is 13.5 Å². The Labute approximate surface area is 167 Å². The fourth-order valence-corrected chi connectivity index (χ4v) is 2.86. The van der Waals surface area contributed by atoms with Crippen molar-refractivity contribution in [3.8, 4) is 5.75 Å². The average Bonchev–Trinajstić information content (AvgIpc) is 3.08. The van der Waals surface area contributed by atoms with Crippen LogP contribution in [0.25, 0.3) is 6.08 Å². The number of carbonyl (C=O) groups excluding carboxylic acids is 1. The highest BCUT2D eigenvalue weighted by molar-refractivity contribution is 6.12. The summed E-state index contributed by atoms with van der Waals surface area (Å²) < 4.78 is 24.7. The Morgan fingerprint density at radius 3 is 2.62 bits per heavy atom. The van der Waals surface area contributed by atoms with Gasteiger partial charge < -0.3 is 9.47 Å². The summed E-state index contributed by atoms with van der Waals surface area (Å²) in [5, 5.41) is 0. The maximum atomic E-state index is 13.7. The van der Waals surface area contributed by atoms with Crippen molar-refractivity contribution in [2.24, 2.45) is 4.99 Å². The van der Waals surface area contributed by atoms with Gasteiger partial charge in [0.15, 0.2) is 5.70 Å². The second-order valence-corrected chi connectivity index (χ2v) is 6.65. The molecule has 0 unspecified atom stereocenters. The Bertz CT molecular complexity index is 1120. The maximum absolute atomic E-state index is 13.7. The van der Waals surface area contributed by atoms with E-state index in [9.17, 15) is 9.18 Å². The van der Waals surface area contributed by atoms with Gasteiger partial charge in [0.2, 0.25) is 5.90 Å². The van der Waals surface area contributed by atoms with Crippen LogP contribution in [0.3, 0.4) is 0 Å². The third-order valence-electron chi connectivity index (χ3n) is 4.43. The lowest BCUT2D eigenvalue weighted by Gasteiger charge is -2.07. The van der Waals surface area contributed by atoms with Crippen molar-refractivity contribution in [2.75, 3.05) is 0 Å². The van der Waals surface area contributed by atoms with E-state index in [1.807, 2.05) is 37.3 Å². The van der Waals surface area contributed by atoms with E-state index in [0.717, 1.165) is 16.7 Å². The topological polar surface area (TPSA) is 47.9 Å². The minimum Gasteiger partial charge on any atom is -0.489 e. The van der Waals surface area contributed by atoms with Gasteiger partial charge in [0.25, 0.3) is 0 Å². The number of nitrogens with zero attached hydrogens (tertiary/aromatic N) is 1. The van der Waals surface area contributed by atoms with Crippen LogP contribution < -0.4 is 4.74 Å². The normalized spacial score (nSPS) is 14.6. The maximum Gasteiger partial charge on any atom is 0.363 e. The molecule has 4 rings (SSSR count). The summed E-state index contributed by atoms with van der Waals surface area (Å²) >= 11 is 0. The molecule has 1 heterocycles. The standard InChI is InChI=1S/C24H18FNO3/c1-16-9-11-18(12-10-16)23-26-22(24(27)29-23)14-17-5-4-7-20(13-17)28-15-19-6-2-3-8-21(19)25/h2-14H,15H2,1H3. The van der Waals surface area contributed by atoms with Crippen LogP contribution in [-0.4, -0.2) is 11.9 Å². The zero-order valence-electron chi connectivity index (χ0n) is 15.8. The van der Waals surface area contributed by atoms with Crippen molar-refractivity contribution in [3.05, 3.63) is 107 Å². The highest BCUT2D eigenvalue weighted by Gasteiger charge is 2.24. The molecule has 144 valence electrons. The minimum absolute atomic E-state index is 0.116. The lowest BCUT2D eigenvalue weighted by molar-refractivity contribution is -0.129. The van der Waals surface area contributed by atoms with Gasteiger partial charge in [-0.15, -0.1) is 0 Å². The summed E-state index contributed by atoms with van der Waals surface area (Å²) in [6, 6.07) is 21.2. The second kappa shape index (κ2) is 8.10. The van der Waals surface area contributed by atoms with E-state index >= 15 is 0 Å². The van der Waals surface area contributed by atoms with E-state index in [2.05, 4.69) is 4.99 Å². The first kappa shape index (κ1) is 18.6. The molecule has 4 nitrogen and oxygen atoms in total. The molecule has 1 aliphatic rings. The number of cyclic esters (lactones) is 1. The summed E-state index contributed by atoms with van der Waals surface area (Å²) in [7, 11) is 0. The Morgan fingerprint density at radius 2 is 1.83 bits per heavy atom. The van der Waals surface area contributed by atoms with Gasteiger partial charge in [-0.25, -0.2) is 14.2 Å². The van der Waals surface area contributed by atoms with Gasteiger partial charge in [0.05, 0.1) is 0 Å². The predicted molar refractivity (Wildman–Crippen MR) is 109 cm³/mol. The summed E-state index contributed by atoms with van der Waals surface area (Å²) in [6.45, 7) is 2.10. The Balaban J connectivity index is 1.52. The predicted octanol–water partition coefficient (Wildman–Crippen LogP) is 5.06. The fraction of sp³-hybridized carbons (Fsp3) is 0.0833. The molecule has 0 saturated heterocycles. The Kier molecular flexibility index (Phi) is 5.20. The number of hydrogen-bond donors (Lipinski definition) is 0. The van der Waals surface area contributed by atoms with Gasteiger partial charge >= 0.3 is 5.97 Å². The van der Waals surface area contributed by atoms with Crippen LogP contribution in [0.15, 0.2) is 83.5 Å². The number of carbonyl (C=O) groups is 1. The molecule has 0 bridgehead atoms. The van der Waals surface area contributed by atoms with Crippen molar-refractivity contribution >= 4 is 17.9 Å². The number of esters is 1. The van der Waals surface area contributed by atoms with Gasteiger partial charge in [-0.05, 0) is 48.9 Å². The Hall–Kier alpha value is -3.73. The summed E-state index contributed by atoms with van der Waals surface area (Å²) in [4.78, 5) is 16.5. The lowest BCUT2D eigenvalue weighted by atomic mass is 10.1. The number of benzene rings is 3. The first-order valence-electron chi connectivity index (χ1n) is 9.14. The highest BCUT2D eigenvalue weighted by Crippen LogP contribution is 2.22. The Morgan fingerprint density at radius 1 is 1.03 bits per heavy atom. The molecule has 0 spiro atoms. The zero-order valence-corrected chi connectivity index (χ0v) is 15.8.